The van der Waals surface area contributed by atoms with Crippen LogP contribution in [-0.4, -0.2) is 16.1 Å². The van der Waals surface area contributed by atoms with Crippen molar-refractivity contribution >= 4 is 17.6 Å². The number of pyridine rings is 1. The van der Waals surface area contributed by atoms with Gasteiger partial charge in [-0.05, 0) is 48.9 Å². The van der Waals surface area contributed by atoms with E-state index in [4.69, 9.17) is 16.3 Å². The lowest BCUT2D eigenvalue weighted by Gasteiger charge is -2.12. The monoisotopic (exact) mass is 375 g/mol. The number of carboxylic acids is 1. The largest absolute Gasteiger partial charge is 0.477 e. The van der Waals surface area contributed by atoms with Crippen LogP contribution in [0.4, 0.5) is 8.78 Å². The molecule has 0 fully saturated rings. The van der Waals surface area contributed by atoms with Crippen LogP contribution in [0.25, 0.3) is 11.3 Å². The van der Waals surface area contributed by atoms with Gasteiger partial charge in [-0.1, -0.05) is 23.7 Å². The normalized spacial score (nSPS) is 10.6. The van der Waals surface area contributed by atoms with Crippen LogP contribution in [0.3, 0.4) is 0 Å². The fourth-order valence-electron chi connectivity index (χ4n) is 2.33. The number of rotatable bonds is 4. The molecule has 0 aliphatic rings. The molecule has 132 valence electrons. The van der Waals surface area contributed by atoms with Crippen molar-refractivity contribution in [3.63, 3.8) is 0 Å². The van der Waals surface area contributed by atoms with E-state index in [0.717, 1.165) is 11.6 Å². The third kappa shape index (κ3) is 3.50. The molecule has 0 radical (unpaired) electrons. The van der Waals surface area contributed by atoms with Crippen molar-refractivity contribution in [1.82, 2.24) is 4.98 Å². The van der Waals surface area contributed by atoms with Crippen LogP contribution in [-0.2, 0) is 0 Å². The third-order valence-corrected chi connectivity index (χ3v) is 3.92. The molecule has 0 bridgehead atoms. The summed E-state index contributed by atoms with van der Waals surface area (Å²) in [5.74, 6) is -3.45. The summed E-state index contributed by atoms with van der Waals surface area (Å²) in [4.78, 5) is 15.5. The Morgan fingerprint density at radius 3 is 2.65 bits per heavy atom. The van der Waals surface area contributed by atoms with Gasteiger partial charge in [-0.3, -0.25) is 0 Å². The Morgan fingerprint density at radius 2 is 1.92 bits per heavy atom. The van der Waals surface area contributed by atoms with E-state index in [1.54, 1.807) is 18.2 Å². The minimum absolute atomic E-state index is 0.0331. The first-order valence-electron chi connectivity index (χ1n) is 7.49. The molecule has 3 aromatic rings. The zero-order chi connectivity index (χ0) is 18.8. The molecule has 3 rings (SSSR count). The predicted molar refractivity (Wildman–Crippen MR) is 92.8 cm³/mol. The number of aromatic carboxylic acids is 1. The molecule has 0 unspecified atom stereocenters. The zero-order valence-electron chi connectivity index (χ0n) is 13.5. The highest BCUT2D eigenvalue weighted by molar-refractivity contribution is 6.32. The van der Waals surface area contributed by atoms with Crippen LogP contribution < -0.4 is 4.74 Å². The molecule has 0 saturated carbocycles. The molecular weight excluding hydrogens is 364 g/mol. The van der Waals surface area contributed by atoms with E-state index in [1.807, 2.05) is 6.92 Å². The first kappa shape index (κ1) is 17.8. The predicted octanol–water partition coefficient (Wildman–Crippen LogP) is 5.48. The van der Waals surface area contributed by atoms with Gasteiger partial charge in [0.25, 0.3) is 0 Å². The topological polar surface area (TPSA) is 59.4 Å². The van der Waals surface area contributed by atoms with E-state index >= 15 is 0 Å². The van der Waals surface area contributed by atoms with Gasteiger partial charge in [0, 0.05) is 5.56 Å². The Morgan fingerprint density at radius 1 is 1.15 bits per heavy atom. The highest BCUT2D eigenvalue weighted by atomic mass is 35.5. The van der Waals surface area contributed by atoms with Crippen LogP contribution in [0, 0.1) is 18.6 Å². The molecule has 1 N–H and O–H groups in total. The number of hydrogen-bond acceptors (Lipinski definition) is 3. The first-order valence-corrected chi connectivity index (χ1v) is 7.87. The molecule has 0 amide bonds. The van der Waals surface area contributed by atoms with Crippen molar-refractivity contribution < 1.29 is 23.4 Å². The van der Waals surface area contributed by atoms with E-state index in [9.17, 15) is 18.7 Å². The fraction of sp³-hybridized carbons (Fsp3) is 0.0526. The van der Waals surface area contributed by atoms with Gasteiger partial charge >= 0.3 is 5.97 Å². The smallest absolute Gasteiger partial charge is 0.341 e. The quantitative estimate of drug-likeness (QED) is 0.656. The molecule has 4 nitrogen and oxygen atoms in total. The highest BCUT2D eigenvalue weighted by Crippen LogP contribution is 2.33. The molecule has 1 aromatic heterocycles. The minimum Gasteiger partial charge on any atom is -0.477 e. The number of aryl methyl sites for hydroxylation is 1. The lowest BCUT2D eigenvalue weighted by atomic mass is 10.1. The summed E-state index contributed by atoms with van der Waals surface area (Å²) in [6.07, 6.45) is 0. The zero-order valence-corrected chi connectivity index (χ0v) is 14.2. The standard InChI is InChI=1S/C19H12ClF2NO3/c1-10-5-7-13(20)16(9-10)26-18-12(19(24)25)6-8-15(23-18)11-3-2-4-14(21)17(11)22/h2-9H,1H3,(H,24,25). The molecule has 0 saturated heterocycles. The van der Waals surface area contributed by atoms with Crippen molar-refractivity contribution in [3.8, 4) is 22.9 Å². The summed E-state index contributed by atoms with van der Waals surface area (Å²) in [5.41, 5.74) is 0.532. The summed E-state index contributed by atoms with van der Waals surface area (Å²) in [7, 11) is 0. The van der Waals surface area contributed by atoms with Gasteiger partial charge in [0.1, 0.15) is 11.3 Å². The second kappa shape index (κ2) is 7.09. The van der Waals surface area contributed by atoms with Crippen molar-refractivity contribution in [1.29, 1.82) is 0 Å². The number of carbonyl (C=O) groups is 1. The van der Waals surface area contributed by atoms with Gasteiger partial charge in [0.2, 0.25) is 5.88 Å². The average Bonchev–Trinajstić information content (AvgIpc) is 2.60. The molecule has 0 aliphatic carbocycles. The average molecular weight is 376 g/mol. The maximum absolute atomic E-state index is 14.0. The Labute approximate surface area is 152 Å². The molecule has 2 aromatic carbocycles. The second-order valence-corrected chi connectivity index (χ2v) is 5.90. The summed E-state index contributed by atoms with van der Waals surface area (Å²) >= 11 is 6.07. The molecule has 0 atom stereocenters. The Bertz CT molecular complexity index is 1010. The molecular formula is C19H12ClF2NO3. The summed E-state index contributed by atoms with van der Waals surface area (Å²) < 4.78 is 33.1. The molecule has 0 spiro atoms. The van der Waals surface area contributed by atoms with E-state index < -0.39 is 17.6 Å². The van der Waals surface area contributed by atoms with Crippen LogP contribution >= 0.6 is 11.6 Å². The molecule has 0 aliphatic heterocycles. The number of hydrogen-bond donors (Lipinski definition) is 1. The number of benzene rings is 2. The van der Waals surface area contributed by atoms with Gasteiger partial charge in [0.15, 0.2) is 11.6 Å². The molecule has 26 heavy (non-hydrogen) atoms. The van der Waals surface area contributed by atoms with Crippen LogP contribution in [0.2, 0.25) is 5.02 Å². The lowest BCUT2D eigenvalue weighted by molar-refractivity contribution is 0.0693. The van der Waals surface area contributed by atoms with E-state index in [2.05, 4.69) is 4.98 Å². The number of carboxylic acid groups (broad SMARTS) is 1. The van der Waals surface area contributed by atoms with Crippen molar-refractivity contribution in [2.75, 3.05) is 0 Å². The van der Waals surface area contributed by atoms with E-state index in [-0.39, 0.29) is 33.5 Å². The fourth-order valence-corrected chi connectivity index (χ4v) is 2.48. The number of aromatic nitrogens is 1. The second-order valence-electron chi connectivity index (χ2n) is 5.49. The molecule has 7 heteroatoms. The summed E-state index contributed by atoms with van der Waals surface area (Å²) in [6.45, 7) is 1.81. The SMILES string of the molecule is Cc1ccc(Cl)c(Oc2nc(-c3cccc(F)c3F)ccc2C(=O)O)c1. The van der Waals surface area contributed by atoms with Gasteiger partial charge in [-0.25, -0.2) is 18.6 Å². The Balaban J connectivity index is 2.12. The maximum Gasteiger partial charge on any atom is 0.341 e. The summed E-state index contributed by atoms with van der Waals surface area (Å²) in [6, 6.07) is 11.1. The van der Waals surface area contributed by atoms with Gasteiger partial charge in [-0.2, -0.15) is 0 Å². The third-order valence-electron chi connectivity index (χ3n) is 3.61. The van der Waals surface area contributed by atoms with Gasteiger partial charge in [0.05, 0.1) is 10.7 Å². The highest BCUT2D eigenvalue weighted by Gasteiger charge is 2.19. The van der Waals surface area contributed by atoms with Crippen molar-refractivity contribution in [3.05, 3.63) is 76.3 Å². The Hall–Kier alpha value is -2.99. The number of nitrogens with zero attached hydrogens (tertiary/aromatic N) is 1. The van der Waals surface area contributed by atoms with Gasteiger partial charge in [-0.15, -0.1) is 0 Å². The van der Waals surface area contributed by atoms with E-state index in [0.29, 0.717) is 0 Å². The van der Waals surface area contributed by atoms with Crippen LogP contribution in [0.15, 0.2) is 48.5 Å². The van der Waals surface area contributed by atoms with E-state index in [1.165, 1.54) is 24.3 Å². The molecule has 1 heterocycles. The number of halogens is 3. The first-order chi connectivity index (χ1) is 12.4. The van der Waals surface area contributed by atoms with Crippen molar-refractivity contribution in [2.24, 2.45) is 0 Å². The van der Waals surface area contributed by atoms with Crippen LogP contribution in [0.1, 0.15) is 15.9 Å². The van der Waals surface area contributed by atoms with Gasteiger partial charge < -0.3 is 9.84 Å². The lowest BCUT2D eigenvalue weighted by Crippen LogP contribution is -2.04. The number of ether oxygens (including phenoxy) is 1. The summed E-state index contributed by atoms with van der Waals surface area (Å²) in [5, 5.41) is 9.60. The Kier molecular flexibility index (Phi) is 4.86. The minimum atomic E-state index is -1.28. The van der Waals surface area contributed by atoms with Crippen molar-refractivity contribution in [2.45, 2.75) is 6.92 Å². The van der Waals surface area contributed by atoms with Crippen LogP contribution in [0.5, 0.6) is 11.6 Å². The maximum atomic E-state index is 14.0.